The van der Waals surface area contributed by atoms with Gasteiger partial charge in [-0.1, -0.05) is 11.6 Å². The maximum absolute atomic E-state index is 12.8. The van der Waals surface area contributed by atoms with E-state index in [0.29, 0.717) is 0 Å². The topological polar surface area (TPSA) is 39.2 Å². The van der Waals surface area contributed by atoms with E-state index in [9.17, 15) is 18.0 Å². The largest absolute Gasteiger partial charge is 0.469 e. The van der Waals surface area contributed by atoms with Crippen LogP contribution < -0.4 is 0 Å². The number of aromatic nitrogens is 1. The lowest BCUT2D eigenvalue weighted by atomic mass is 10.1. The van der Waals surface area contributed by atoms with E-state index >= 15 is 0 Å². The molecule has 7 heteroatoms. The Morgan fingerprint density at radius 2 is 2.25 bits per heavy atom. The van der Waals surface area contributed by atoms with Crippen LogP contribution in [0.15, 0.2) is 6.07 Å². The Balaban J connectivity index is 3.14. The molecule has 1 aromatic rings. The van der Waals surface area contributed by atoms with E-state index in [1.807, 2.05) is 0 Å². The lowest BCUT2D eigenvalue weighted by Crippen LogP contribution is -2.09. The van der Waals surface area contributed by atoms with Crippen LogP contribution in [-0.4, -0.2) is 18.1 Å². The first kappa shape index (κ1) is 12.8. The molecule has 0 aliphatic rings. The summed E-state index contributed by atoms with van der Waals surface area (Å²) in [6.45, 7) is 0. The summed E-state index contributed by atoms with van der Waals surface area (Å²) in [6, 6.07) is 0.947. The molecule has 0 N–H and O–H groups in total. The summed E-state index contributed by atoms with van der Waals surface area (Å²) in [4.78, 5) is 13.9. The molecule has 0 bridgehead atoms. The Morgan fingerprint density at radius 1 is 1.62 bits per heavy atom. The Labute approximate surface area is 94.2 Å². The van der Waals surface area contributed by atoms with Crippen LogP contribution in [0.4, 0.5) is 13.2 Å². The first-order valence-corrected chi connectivity index (χ1v) is 4.53. The van der Waals surface area contributed by atoms with Gasteiger partial charge in [-0.25, -0.2) is 13.8 Å². The third-order valence-electron chi connectivity index (χ3n) is 1.81. The normalized spacial score (nSPS) is 10.6. The van der Waals surface area contributed by atoms with Gasteiger partial charge in [0.2, 0.25) is 5.95 Å². The quantitative estimate of drug-likeness (QED) is 0.614. The number of hydrogen-bond acceptors (Lipinski definition) is 3. The number of esters is 1. The molecule has 0 saturated carbocycles. The second-order valence-electron chi connectivity index (χ2n) is 2.86. The summed E-state index contributed by atoms with van der Waals surface area (Å²) >= 11 is 5.38. The zero-order chi connectivity index (χ0) is 12.3. The van der Waals surface area contributed by atoms with Gasteiger partial charge in [-0.15, -0.1) is 0 Å². The highest BCUT2D eigenvalue weighted by Gasteiger charge is 2.20. The molecule has 0 radical (unpaired) electrons. The van der Waals surface area contributed by atoms with Gasteiger partial charge in [-0.3, -0.25) is 4.79 Å². The number of pyridine rings is 1. The Morgan fingerprint density at radius 3 is 2.75 bits per heavy atom. The molecular formula is C9H7ClF3NO2. The highest BCUT2D eigenvalue weighted by molar-refractivity contribution is 6.30. The summed E-state index contributed by atoms with van der Waals surface area (Å²) in [5, 5.41) is -0.414. The average Bonchev–Trinajstić information content (AvgIpc) is 2.22. The molecule has 0 aromatic carbocycles. The zero-order valence-electron chi connectivity index (χ0n) is 8.14. The van der Waals surface area contributed by atoms with Crippen molar-refractivity contribution in [3.63, 3.8) is 0 Å². The molecular weight excluding hydrogens is 247 g/mol. The molecule has 0 amide bonds. The molecule has 0 fully saturated rings. The molecule has 1 rings (SSSR count). The van der Waals surface area contributed by atoms with E-state index in [2.05, 4.69) is 9.72 Å². The number of methoxy groups -OCH3 is 1. The summed E-state index contributed by atoms with van der Waals surface area (Å²) in [6.07, 6.45) is -3.41. The van der Waals surface area contributed by atoms with Crippen LogP contribution in [0.3, 0.4) is 0 Å². The number of hydrogen-bond donors (Lipinski definition) is 0. The predicted octanol–water partition coefficient (Wildman–Crippen LogP) is 2.53. The van der Waals surface area contributed by atoms with Gasteiger partial charge >= 0.3 is 5.97 Å². The van der Waals surface area contributed by atoms with Crippen molar-refractivity contribution in [3.05, 3.63) is 28.3 Å². The van der Waals surface area contributed by atoms with Gasteiger partial charge in [-0.2, -0.15) is 4.39 Å². The third kappa shape index (κ3) is 2.85. The van der Waals surface area contributed by atoms with Gasteiger partial charge in [0.05, 0.1) is 18.6 Å². The number of nitrogens with zero attached hydrogens (tertiary/aromatic N) is 1. The number of ether oxygens (including phenoxy) is 1. The summed E-state index contributed by atoms with van der Waals surface area (Å²) in [7, 11) is 1.11. The van der Waals surface area contributed by atoms with E-state index in [1.165, 1.54) is 0 Å². The van der Waals surface area contributed by atoms with E-state index in [-0.39, 0.29) is 5.56 Å². The van der Waals surface area contributed by atoms with Crippen LogP contribution in [0.25, 0.3) is 0 Å². The summed E-state index contributed by atoms with van der Waals surface area (Å²) in [5.74, 6) is -1.92. The minimum absolute atomic E-state index is 0.145. The van der Waals surface area contributed by atoms with Crippen molar-refractivity contribution < 1.29 is 22.7 Å². The van der Waals surface area contributed by atoms with Gasteiger partial charge < -0.3 is 4.74 Å². The minimum Gasteiger partial charge on any atom is -0.469 e. The van der Waals surface area contributed by atoms with Crippen LogP contribution in [-0.2, 0) is 16.0 Å². The molecule has 1 aromatic heterocycles. The van der Waals surface area contributed by atoms with Crippen molar-refractivity contribution in [1.29, 1.82) is 0 Å². The van der Waals surface area contributed by atoms with Crippen molar-refractivity contribution >= 4 is 17.6 Å². The Kier molecular flexibility index (Phi) is 4.12. The molecule has 0 aliphatic heterocycles. The van der Waals surface area contributed by atoms with Gasteiger partial charge in [0.1, 0.15) is 5.69 Å². The first-order chi connectivity index (χ1) is 7.45. The lowest BCUT2D eigenvalue weighted by molar-refractivity contribution is -0.139. The second kappa shape index (κ2) is 5.16. The highest BCUT2D eigenvalue weighted by Crippen LogP contribution is 2.25. The van der Waals surface area contributed by atoms with Crippen LogP contribution in [0, 0.1) is 5.95 Å². The summed E-state index contributed by atoms with van der Waals surface area (Å²) < 4.78 is 42.1. The fourth-order valence-electron chi connectivity index (χ4n) is 1.08. The molecule has 3 nitrogen and oxygen atoms in total. The molecule has 0 saturated heterocycles. The molecule has 0 atom stereocenters. The van der Waals surface area contributed by atoms with Crippen LogP contribution in [0.1, 0.15) is 17.7 Å². The molecule has 1 heterocycles. The molecule has 0 aliphatic carbocycles. The monoisotopic (exact) mass is 253 g/mol. The first-order valence-electron chi connectivity index (χ1n) is 4.15. The second-order valence-corrected chi connectivity index (χ2v) is 3.27. The average molecular weight is 254 g/mol. The van der Waals surface area contributed by atoms with Gasteiger partial charge in [0.15, 0.2) is 0 Å². The molecule has 88 valence electrons. The van der Waals surface area contributed by atoms with E-state index < -0.39 is 35.5 Å². The van der Waals surface area contributed by atoms with Crippen molar-refractivity contribution in [2.75, 3.05) is 7.11 Å². The number of halogens is 4. The Bertz CT molecular complexity index is 412. The Hall–Kier alpha value is -1.30. The fourth-order valence-corrected chi connectivity index (χ4v) is 1.25. The smallest absolute Gasteiger partial charge is 0.310 e. The molecule has 0 spiro atoms. The van der Waals surface area contributed by atoms with Crippen molar-refractivity contribution in [3.8, 4) is 0 Å². The van der Waals surface area contributed by atoms with Crippen LogP contribution in [0.2, 0.25) is 5.02 Å². The number of rotatable bonds is 3. The zero-order valence-corrected chi connectivity index (χ0v) is 8.89. The lowest BCUT2D eigenvalue weighted by Gasteiger charge is -2.07. The number of alkyl halides is 2. The van der Waals surface area contributed by atoms with Crippen LogP contribution >= 0.6 is 11.6 Å². The van der Waals surface area contributed by atoms with Crippen molar-refractivity contribution in [2.24, 2.45) is 0 Å². The molecule has 16 heavy (non-hydrogen) atoms. The van der Waals surface area contributed by atoms with Crippen molar-refractivity contribution in [1.82, 2.24) is 4.98 Å². The third-order valence-corrected chi connectivity index (χ3v) is 2.08. The minimum atomic E-state index is -2.98. The van der Waals surface area contributed by atoms with Gasteiger partial charge in [-0.05, 0) is 11.6 Å². The summed E-state index contributed by atoms with van der Waals surface area (Å²) in [5.41, 5.74) is -0.944. The van der Waals surface area contributed by atoms with Gasteiger partial charge in [0.25, 0.3) is 6.43 Å². The van der Waals surface area contributed by atoms with E-state index in [1.54, 1.807) is 0 Å². The predicted molar refractivity (Wildman–Crippen MR) is 49.9 cm³/mol. The SMILES string of the molecule is COC(=O)Cc1cc(Cl)c(F)nc1C(F)F. The van der Waals surface area contributed by atoms with Crippen LogP contribution in [0.5, 0.6) is 0 Å². The maximum atomic E-state index is 12.8. The number of carbonyl (C=O) groups is 1. The standard InChI is InChI=1S/C9H7ClF3NO2/c1-16-6(15)3-4-2-5(10)9(13)14-7(4)8(11)12/h2,8H,3H2,1H3. The highest BCUT2D eigenvalue weighted by atomic mass is 35.5. The molecule has 0 unspecified atom stereocenters. The van der Waals surface area contributed by atoms with E-state index in [4.69, 9.17) is 11.6 Å². The maximum Gasteiger partial charge on any atom is 0.310 e. The number of carbonyl (C=O) groups excluding carboxylic acids is 1. The van der Waals surface area contributed by atoms with E-state index in [0.717, 1.165) is 13.2 Å². The fraction of sp³-hybridized carbons (Fsp3) is 0.333. The van der Waals surface area contributed by atoms with Crippen molar-refractivity contribution in [2.45, 2.75) is 12.8 Å². The van der Waals surface area contributed by atoms with Gasteiger partial charge in [0, 0.05) is 0 Å².